The van der Waals surface area contributed by atoms with E-state index >= 15 is 0 Å². The van der Waals surface area contributed by atoms with E-state index in [4.69, 9.17) is 4.74 Å². The fourth-order valence-electron chi connectivity index (χ4n) is 13.2. The van der Waals surface area contributed by atoms with Crippen molar-refractivity contribution in [2.75, 3.05) is 4.90 Å². The van der Waals surface area contributed by atoms with Crippen molar-refractivity contribution < 1.29 is 4.74 Å². The molecule has 0 radical (unpaired) electrons. The molecule has 362 valence electrons. The van der Waals surface area contributed by atoms with Crippen molar-refractivity contribution in [3.05, 3.63) is 282 Å². The molecule has 4 aliphatic rings. The molecule has 0 saturated carbocycles. The molecule has 1 aliphatic heterocycles. The smallest absolute Gasteiger partial charge is 0.128 e. The van der Waals surface area contributed by atoms with Gasteiger partial charge in [-0.15, -0.1) is 0 Å². The van der Waals surface area contributed by atoms with Crippen LogP contribution < -0.4 is 9.64 Å². The Hall–Kier alpha value is -8.98. The van der Waals surface area contributed by atoms with Crippen LogP contribution >= 0.6 is 0 Å². The fourth-order valence-corrected chi connectivity index (χ4v) is 13.2. The number of hydrogen-bond donors (Lipinski definition) is 0. The number of anilines is 3. The highest BCUT2D eigenvalue weighted by Gasteiger charge is 2.39. The zero-order valence-electron chi connectivity index (χ0n) is 43.2. The third-order valence-electron chi connectivity index (χ3n) is 17.4. The SMILES string of the molecule is CC1(C)c2cc(-c3ccc4ccccc4c3)ccc2-c2ccc(N(c3ccc(-c4ccc(C5=CC6c7ccccc7OC6C=C5)cc4)cc3)c3ccc4c(c3)C(C)(C)c3cc(-c5ccc6ccccc6c5)ccc3-4)cc21. The van der Waals surface area contributed by atoms with Crippen LogP contribution in [0.5, 0.6) is 5.75 Å². The Bertz CT molecular complexity index is 4070. The second-order valence-electron chi connectivity index (χ2n) is 22.4. The first-order chi connectivity index (χ1) is 37.1. The van der Waals surface area contributed by atoms with E-state index in [9.17, 15) is 0 Å². The number of fused-ring (bicyclic) bond motifs is 11. The zero-order chi connectivity index (χ0) is 50.9. The van der Waals surface area contributed by atoms with Crippen molar-refractivity contribution in [3.63, 3.8) is 0 Å². The molecule has 0 saturated heterocycles. The second kappa shape index (κ2) is 16.8. The Labute approximate surface area is 445 Å². The molecule has 0 amide bonds. The number of hydrogen-bond acceptors (Lipinski definition) is 2. The summed E-state index contributed by atoms with van der Waals surface area (Å²) in [6.45, 7) is 9.60. The van der Waals surface area contributed by atoms with Gasteiger partial charge in [-0.25, -0.2) is 0 Å². The van der Waals surface area contributed by atoms with Crippen molar-refractivity contribution >= 4 is 44.2 Å². The summed E-state index contributed by atoms with van der Waals surface area (Å²) in [7, 11) is 0. The van der Waals surface area contributed by atoms with E-state index in [2.05, 4.69) is 281 Å². The lowest BCUT2D eigenvalue weighted by atomic mass is 9.81. The minimum absolute atomic E-state index is 0.0577. The van der Waals surface area contributed by atoms with Gasteiger partial charge >= 0.3 is 0 Å². The van der Waals surface area contributed by atoms with Gasteiger partial charge < -0.3 is 9.64 Å². The third kappa shape index (κ3) is 7.01. The maximum absolute atomic E-state index is 6.26. The van der Waals surface area contributed by atoms with Crippen LogP contribution in [0.15, 0.2) is 249 Å². The van der Waals surface area contributed by atoms with E-state index in [0.717, 1.165) is 22.8 Å². The summed E-state index contributed by atoms with van der Waals surface area (Å²) < 4.78 is 6.26. The Morgan fingerprint density at radius 2 is 0.763 bits per heavy atom. The number of rotatable bonds is 7. The first-order valence-electron chi connectivity index (χ1n) is 26.9. The van der Waals surface area contributed by atoms with Crippen LogP contribution in [0.4, 0.5) is 17.1 Å². The van der Waals surface area contributed by atoms with Crippen LogP contribution in [-0.4, -0.2) is 6.10 Å². The van der Waals surface area contributed by atoms with Gasteiger partial charge in [0.2, 0.25) is 0 Å². The summed E-state index contributed by atoms with van der Waals surface area (Å²) in [4.78, 5) is 2.48. The highest BCUT2D eigenvalue weighted by Crippen LogP contribution is 2.54. The molecule has 0 aromatic heterocycles. The summed E-state index contributed by atoms with van der Waals surface area (Å²) in [5.74, 6) is 1.22. The Morgan fingerprint density at radius 1 is 0.355 bits per heavy atom. The highest BCUT2D eigenvalue weighted by atomic mass is 16.5. The molecule has 3 aliphatic carbocycles. The standard InChI is InChI=1S/C74H55NO/c1-73(2)67-42-56(53-23-21-46-11-5-7-13-51(46)39-53)27-34-61(67)63-36-32-59(44-69(63)73)75(58-30-25-49(26-31-58)48-17-19-50(20-18-48)55-29-38-72-66(41-55)65-15-9-10-16-71(65)76-72)60-33-37-64-62-35-28-57(43-68(62)74(3,4)70(64)45-60)54-24-22-47-12-6-8-14-52(47)40-54/h5-45,66,72H,1-4H3. The molecule has 11 aromatic carbocycles. The summed E-state index contributed by atoms with van der Waals surface area (Å²) in [6, 6.07) is 86.2. The maximum atomic E-state index is 6.26. The predicted molar refractivity (Wildman–Crippen MR) is 318 cm³/mol. The number of allylic oxidation sites excluding steroid dienone is 2. The molecule has 2 heteroatoms. The van der Waals surface area contributed by atoms with E-state index in [0.29, 0.717) is 0 Å². The molecule has 1 heterocycles. The molecule has 0 spiro atoms. The molecule has 0 N–H and O–H groups in total. The number of ether oxygens (including phenoxy) is 1. The van der Waals surface area contributed by atoms with E-state index in [1.165, 1.54) is 116 Å². The van der Waals surface area contributed by atoms with Crippen LogP contribution in [0.2, 0.25) is 0 Å². The third-order valence-corrected chi connectivity index (χ3v) is 17.4. The van der Waals surface area contributed by atoms with E-state index in [1.54, 1.807) is 0 Å². The van der Waals surface area contributed by atoms with Crippen LogP contribution in [0, 0.1) is 0 Å². The topological polar surface area (TPSA) is 12.5 Å². The quantitative estimate of drug-likeness (QED) is 0.158. The molecular formula is C74H55NO. The lowest BCUT2D eigenvalue weighted by molar-refractivity contribution is 0.269. The summed E-state index contributed by atoms with van der Waals surface area (Å²) >= 11 is 0. The molecule has 15 rings (SSSR count). The van der Waals surface area contributed by atoms with Crippen molar-refractivity contribution in [1.29, 1.82) is 0 Å². The number of nitrogens with zero attached hydrogens (tertiary/aromatic N) is 1. The Morgan fingerprint density at radius 3 is 1.32 bits per heavy atom. The Balaban J connectivity index is 0.794. The molecule has 2 atom stereocenters. The van der Waals surface area contributed by atoms with Crippen LogP contribution in [0.3, 0.4) is 0 Å². The molecule has 0 fully saturated rings. The van der Waals surface area contributed by atoms with Crippen LogP contribution in [-0.2, 0) is 10.8 Å². The molecule has 2 unspecified atom stereocenters. The minimum atomic E-state index is -0.222. The van der Waals surface area contributed by atoms with Gasteiger partial charge in [0.15, 0.2) is 0 Å². The summed E-state index contributed by atoms with van der Waals surface area (Å²) in [5.41, 5.74) is 24.7. The monoisotopic (exact) mass is 973 g/mol. The summed E-state index contributed by atoms with van der Waals surface area (Å²) in [6.07, 6.45) is 6.86. The van der Waals surface area contributed by atoms with E-state index < -0.39 is 0 Å². The predicted octanol–water partition coefficient (Wildman–Crippen LogP) is 19.6. The normalized spacial score (nSPS) is 16.8. The average molecular weight is 974 g/mol. The van der Waals surface area contributed by atoms with Crippen LogP contribution in [0.25, 0.3) is 82.8 Å². The Kier molecular flexibility index (Phi) is 9.82. The van der Waals surface area contributed by atoms with Gasteiger partial charge in [0.25, 0.3) is 0 Å². The fraction of sp³-hybridized carbons (Fsp3) is 0.108. The van der Waals surface area contributed by atoms with E-state index in [-0.39, 0.29) is 22.9 Å². The molecular weight excluding hydrogens is 919 g/mol. The summed E-state index contributed by atoms with van der Waals surface area (Å²) in [5, 5.41) is 5.05. The van der Waals surface area contributed by atoms with Gasteiger partial charge in [-0.05, 0) is 183 Å². The molecule has 76 heavy (non-hydrogen) atoms. The number of benzene rings is 11. The van der Waals surface area contributed by atoms with Crippen molar-refractivity contribution in [2.45, 2.75) is 50.5 Å². The lowest BCUT2D eigenvalue weighted by Gasteiger charge is -2.30. The van der Waals surface area contributed by atoms with Crippen molar-refractivity contribution in [1.82, 2.24) is 0 Å². The van der Waals surface area contributed by atoms with Gasteiger partial charge in [-0.3, -0.25) is 0 Å². The molecule has 0 bridgehead atoms. The van der Waals surface area contributed by atoms with Crippen LogP contribution in [0.1, 0.15) is 67.0 Å². The average Bonchev–Trinajstić information content (AvgIpc) is 4.16. The maximum Gasteiger partial charge on any atom is 0.128 e. The lowest BCUT2D eigenvalue weighted by Crippen LogP contribution is -2.18. The van der Waals surface area contributed by atoms with Gasteiger partial charge in [0.1, 0.15) is 11.9 Å². The second-order valence-corrected chi connectivity index (χ2v) is 22.4. The minimum Gasteiger partial charge on any atom is -0.485 e. The van der Waals surface area contributed by atoms with Gasteiger partial charge in [-0.1, -0.05) is 204 Å². The number of para-hydroxylation sites is 1. The van der Waals surface area contributed by atoms with Gasteiger partial charge in [-0.2, -0.15) is 0 Å². The van der Waals surface area contributed by atoms with Crippen molar-refractivity contribution in [2.24, 2.45) is 0 Å². The van der Waals surface area contributed by atoms with Gasteiger partial charge in [0, 0.05) is 39.4 Å². The van der Waals surface area contributed by atoms with E-state index in [1.807, 2.05) is 0 Å². The molecule has 2 nitrogen and oxygen atoms in total. The highest BCUT2D eigenvalue weighted by molar-refractivity contribution is 5.93. The first kappa shape index (κ1) is 44.5. The van der Waals surface area contributed by atoms with Crippen molar-refractivity contribution in [3.8, 4) is 61.4 Å². The zero-order valence-corrected chi connectivity index (χ0v) is 43.2. The largest absolute Gasteiger partial charge is 0.485 e. The van der Waals surface area contributed by atoms with Gasteiger partial charge in [0.05, 0.1) is 0 Å². The first-order valence-corrected chi connectivity index (χ1v) is 26.9. The molecule has 11 aromatic rings.